The van der Waals surface area contributed by atoms with Gasteiger partial charge in [-0.1, -0.05) is 13.0 Å². The molecule has 2 N–H and O–H groups in total. The number of amides is 2. The number of urea groups is 1. The molecule has 0 aliphatic heterocycles. The molecule has 1 aromatic heterocycles. The lowest BCUT2D eigenvalue weighted by Crippen LogP contribution is -2.29. The maximum atomic E-state index is 11.6. The van der Waals surface area contributed by atoms with E-state index in [-0.39, 0.29) is 6.03 Å². The SMILES string of the molecule is CCCNC(=O)Nc1cccc(-n2nnnc2S)c1. The molecule has 0 aliphatic rings. The highest BCUT2D eigenvalue weighted by Crippen LogP contribution is 2.15. The Balaban J connectivity index is 2.12. The maximum Gasteiger partial charge on any atom is 0.319 e. The molecule has 0 atom stereocenters. The van der Waals surface area contributed by atoms with Gasteiger partial charge in [-0.25, -0.2) is 4.79 Å². The number of carbonyl (C=O) groups excluding carboxylic acids is 1. The van der Waals surface area contributed by atoms with Gasteiger partial charge in [-0.2, -0.15) is 4.68 Å². The highest BCUT2D eigenvalue weighted by atomic mass is 32.1. The van der Waals surface area contributed by atoms with Gasteiger partial charge in [0.25, 0.3) is 0 Å². The van der Waals surface area contributed by atoms with Crippen molar-refractivity contribution in [2.45, 2.75) is 18.5 Å². The van der Waals surface area contributed by atoms with Crippen LogP contribution in [0.15, 0.2) is 29.4 Å². The van der Waals surface area contributed by atoms with E-state index in [2.05, 4.69) is 38.8 Å². The molecule has 0 saturated carbocycles. The second-order valence-corrected chi connectivity index (χ2v) is 4.22. The first kappa shape index (κ1) is 13.3. The highest BCUT2D eigenvalue weighted by molar-refractivity contribution is 7.80. The van der Waals surface area contributed by atoms with E-state index < -0.39 is 0 Å². The number of carbonyl (C=O) groups is 1. The smallest absolute Gasteiger partial charge is 0.319 e. The van der Waals surface area contributed by atoms with E-state index in [1.807, 2.05) is 13.0 Å². The third-order valence-electron chi connectivity index (χ3n) is 2.34. The number of benzene rings is 1. The van der Waals surface area contributed by atoms with Crippen molar-refractivity contribution in [3.8, 4) is 5.69 Å². The highest BCUT2D eigenvalue weighted by Gasteiger charge is 2.06. The zero-order valence-corrected chi connectivity index (χ0v) is 11.3. The van der Waals surface area contributed by atoms with Crippen LogP contribution in [0.2, 0.25) is 0 Å². The number of thiol groups is 1. The summed E-state index contributed by atoms with van der Waals surface area (Å²) in [6.07, 6.45) is 0.890. The predicted molar refractivity (Wildman–Crippen MR) is 73.7 cm³/mol. The minimum Gasteiger partial charge on any atom is -0.338 e. The first-order chi connectivity index (χ1) is 9.20. The van der Waals surface area contributed by atoms with Gasteiger partial charge in [0.05, 0.1) is 5.69 Å². The zero-order chi connectivity index (χ0) is 13.7. The minimum atomic E-state index is -0.234. The summed E-state index contributed by atoms with van der Waals surface area (Å²) in [5, 5.41) is 16.9. The molecule has 2 aromatic rings. The Hall–Kier alpha value is -2.09. The Labute approximate surface area is 115 Å². The Morgan fingerprint density at radius 1 is 1.47 bits per heavy atom. The molecular formula is C11H14N6OS. The molecule has 19 heavy (non-hydrogen) atoms. The van der Waals surface area contributed by atoms with Crippen LogP contribution in [-0.4, -0.2) is 32.8 Å². The summed E-state index contributed by atoms with van der Waals surface area (Å²) in [5.74, 6) is 0. The lowest BCUT2D eigenvalue weighted by molar-refractivity contribution is 0.252. The molecule has 0 aliphatic carbocycles. The molecule has 2 amide bonds. The van der Waals surface area contributed by atoms with Crippen LogP contribution in [0.5, 0.6) is 0 Å². The van der Waals surface area contributed by atoms with Crippen molar-refractivity contribution in [3.63, 3.8) is 0 Å². The third-order valence-corrected chi connectivity index (χ3v) is 2.62. The van der Waals surface area contributed by atoms with Crippen molar-refractivity contribution in [2.24, 2.45) is 0 Å². The van der Waals surface area contributed by atoms with Gasteiger partial charge in [0.15, 0.2) is 0 Å². The van der Waals surface area contributed by atoms with Gasteiger partial charge in [-0.05, 0) is 35.0 Å². The van der Waals surface area contributed by atoms with E-state index in [9.17, 15) is 4.79 Å². The summed E-state index contributed by atoms with van der Waals surface area (Å²) in [6.45, 7) is 2.63. The fourth-order valence-corrected chi connectivity index (χ4v) is 1.67. The molecule has 0 bridgehead atoms. The van der Waals surface area contributed by atoms with Crippen molar-refractivity contribution >= 4 is 24.3 Å². The molecule has 0 fully saturated rings. The van der Waals surface area contributed by atoms with E-state index >= 15 is 0 Å². The van der Waals surface area contributed by atoms with Crippen molar-refractivity contribution < 1.29 is 4.79 Å². The van der Waals surface area contributed by atoms with Crippen molar-refractivity contribution in [1.82, 2.24) is 25.5 Å². The monoisotopic (exact) mass is 278 g/mol. The van der Waals surface area contributed by atoms with Gasteiger partial charge < -0.3 is 10.6 Å². The topological polar surface area (TPSA) is 84.7 Å². The van der Waals surface area contributed by atoms with Crippen LogP contribution in [0.3, 0.4) is 0 Å². The first-order valence-corrected chi connectivity index (χ1v) is 6.28. The average Bonchev–Trinajstić information content (AvgIpc) is 2.83. The fraction of sp³-hybridized carbons (Fsp3) is 0.273. The van der Waals surface area contributed by atoms with E-state index in [0.717, 1.165) is 12.1 Å². The fourth-order valence-electron chi connectivity index (χ4n) is 1.48. The van der Waals surface area contributed by atoms with Crippen LogP contribution < -0.4 is 10.6 Å². The Kier molecular flexibility index (Phi) is 4.35. The van der Waals surface area contributed by atoms with E-state index in [1.54, 1.807) is 18.2 Å². The number of nitrogens with zero attached hydrogens (tertiary/aromatic N) is 4. The summed E-state index contributed by atoms with van der Waals surface area (Å²) in [5.41, 5.74) is 1.39. The van der Waals surface area contributed by atoms with Crippen LogP contribution >= 0.6 is 12.6 Å². The van der Waals surface area contributed by atoms with Crippen LogP contribution in [0, 0.1) is 0 Å². The lowest BCUT2D eigenvalue weighted by Gasteiger charge is -2.08. The van der Waals surface area contributed by atoms with Crippen LogP contribution in [0.4, 0.5) is 10.5 Å². The molecule has 1 heterocycles. The van der Waals surface area contributed by atoms with Crippen LogP contribution in [0.1, 0.15) is 13.3 Å². The van der Waals surface area contributed by atoms with Crippen molar-refractivity contribution in [3.05, 3.63) is 24.3 Å². The summed E-state index contributed by atoms with van der Waals surface area (Å²) in [6, 6.07) is 6.95. The number of nitrogens with one attached hydrogen (secondary N) is 2. The molecule has 0 radical (unpaired) electrons. The normalized spacial score (nSPS) is 10.2. The molecule has 100 valence electrons. The molecule has 7 nitrogen and oxygen atoms in total. The van der Waals surface area contributed by atoms with Gasteiger partial charge in [-0.3, -0.25) is 0 Å². The predicted octanol–water partition coefficient (Wildman–Crippen LogP) is 1.48. The number of rotatable bonds is 4. The van der Waals surface area contributed by atoms with Gasteiger partial charge >= 0.3 is 6.03 Å². The molecule has 0 saturated heterocycles. The minimum absolute atomic E-state index is 0.234. The van der Waals surface area contributed by atoms with Gasteiger partial charge in [0.1, 0.15) is 0 Å². The maximum absolute atomic E-state index is 11.6. The number of tetrazole rings is 1. The molecule has 1 aromatic carbocycles. The molecule has 0 spiro atoms. The zero-order valence-electron chi connectivity index (χ0n) is 10.4. The van der Waals surface area contributed by atoms with Crippen LogP contribution in [-0.2, 0) is 0 Å². The number of anilines is 1. The van der Waals surface area contributed by atoms with Crippen LogP contribution in [0.25, 0.3) is 5.69 Å². The summed E-state index contributed by atoms with van der Waals surface area (Å²) < 4.78 is 1.47. The van der Waals surface area contributed by atoms with Crippen molar-refractivity contribution in [2.75, 3.05) is 11.9 Å². The van der Waals surface area contributed by atoms with Gasteiger partial charge in [0, 0.05) is 12.2 Å². The number of aromatic nitrogens is 4. The summed E-state index contributed by atoms with van der Waals surface area (Å²) >= 11 is 4.14. The molecule has 0 unspecified atom stereocenters. The molecule has 8 heteroatoms. The van der Waals surface area contributed by atoms with Crippen molar-refractivity contribution in [1.29, 1.82) is 0 Å². The Morgan fingerprint density at radius 3 is 3.00 bits per heavy atom. The molecular weight excluding hydrogens is 264 g/mol. The average molecular weight is 278 g/mol. The van der Waals surface area contributed by atoms with Gasteiger partial charge in [0.2, 0.25) is 5.16 Å². The lowest BCUT2D eigenvalue weighted by atomic mass is 10.3. The summed E-state index contributed by atoms with van der Waals surface area (Å²) in [7, 11) is 0. The largest absolute Gasteiger partial charge is 0.338 e. The standard InChI is InChI=1S/C11H14N6OS/c1-2-6-12-10(18)13-8-4-3-5-9(7-8)17-11(19)14-15-16-17/h3-5,7H,2,6H2,1H3,(H2,12,13,18)(H,14,16,19). The number of hydrogen-bond acceptors (Lipinski definition) is 5. The Morgan fingerprint density at radius 2 is 2.32 bits per heavy atom. The molecule has 2 rings (SSSR count). The van der Waals surface area contributed by atoms with E-state index in [1.165, 1.54) is 4.68 Å². The summed E-state index contributed by atoms with van der Waals surface area (Å²) in [4.78, 5) is 11.6. The Bertz CT molecular complexity index is 570. The third kappa shape index (κ3) is 3.44. The first-order valence-electron chi connectivity index (χ1n) is 5.83. The second kappa shape index (κ2) is 6.19. The van der Waals surface area contributed by atoms with E-state index in [0.29, 0.717) is 17.4 Å². The second-order valence-electron chi connectivity index (χ2n) is 3.82. The van der Waals surface area contributed by atoms with E-state index in [4.69, 9.17) is 0 Å². The number of hydrogen-bond donors (Lipinski definition) is 3. The van der Waals surface area contributed by atoms with Gasteiger partial charge in [-0.15, -0.1) is 17.7 Å². The quantitative estimate of drug-likeness (QED) is 0.740.